The first-order valence-corrected chi connectivity index (χ1v) is 7.79. The van der Waals surface area contributed by atoms with E-state index in [-0.39, 0.29) is 0 Å². The van der Waals surface area contributed by atoms with Crippen LogP contribution in [0.25, 0.3) is 11.2 Å². The Hall–Kier alpha value is -1.42. The summed E-state index contributed by atoms with van der Waals surface area (Å²) in [7, 11) is 0. The van der Waals surface area contributed by atoms with Gasteiger partial charge in [-0.2, -0.15) is 0 Å². The number of pyridine rings is 1. The first-order valence-electron chi connectivity index (χ1n) is 7.79. The van der Waals surface area contributed by atoms with E-state index in [1.54, 1.807) is 0 Å². The van der Waals surface area contributed by atoms with Crippen LogP contribution in [0, 0.1) is 0 Å². The van der Waals surface area contributed by atoms with Crippen LogP contribution in [0.1, 0.15) is 57.9 Å². The largest absolute Gasteiger partial charge is 0.296 e. The number of piperidine rings is 1. The van der Waals surface area contributed by atoms with E-state index in [0.29, 0.717) is 12.1 Å². The number of imidazole rings is 1. The summed E-state index contributed by atoms with van der Waals surface area (Å²) < 4.78 is 2.39. The van der Waals surface area contributed by atoms with E-state index in [1.165, 1.54) is 31.6 Å². The third kappa shape index (κ3) is 2.22. The van der Waals surface area contributed by atoms with Crippen LogP contribution in [0.15, 0.2) is 18.3 Å². The molecular weight excluding hydrogens is 248 g/mol. The van der Waals surface area contributed by atoms with Gasteiger partial charge >= 0.3 is 0 Å². The predicted molar refractivity (Wildman–Crippen MR) is 81.8 cm³/mol. The summed E-state index contributed by atoms with van der Waals surface area (Å²) in [5.41, 5.74) is 2.07. The molecule has 1 saturated heterocycles. The van der Waals surface area contributed by atoms with Crippen molar-refractivity contribution < 1.29 is 0 Å². The van der Waals surface area contributed by atoms with Gasteiger partial charge in [0.15, 0.2) is 5.65 Å². The van der Waals surface area contributed by atoms with Gasteiger partial charge in [-0.3, -0.25) is 9.47 Å². The van der Waals surface area contributed by atoms with Crippen molar-refractivity contribution in [1.82, 2.24) is 19.4 Å². The lowest BCUT2D eigenvalue weighted by molar-refractivity contribution is 0.102. The molecule has 1 aliphatic rings. The smallest absolute Gasteiger partial charge is 0.161 e. The molecular formula is C16H24N4. The quantitative estimate of drug-likeness (QED) is 0.856. The van der Waals surface area contributed by atoms with Gasteiger partial charge < -0.3 is 0 Å². The van der Waals surface area contributed by atoms with Crippen molar-refractivity contribution in [3.05, 3.63) is 24.2 Å². The van der Waals surface area contributed by atoms with Gasteiger partial charge in [0.05, 0.1) is 6.17 Å². The van der Waals surface area contributed by atoms with Crippen molar-refractivity contribution in [3.63, 3.8) is 0 Å². The molecule has 3 heterocycles. The van der Waals surface area contributed by atoms with Crippen molar-refractivity contribution >= 4 is 11.2 Å². The number of rotatable bonds is 3. The molecule has 1 atom stereocenters. The molecule has 0 spiro atoms. The summed E-state index contributed by atoms with van der Waals surface area (Å²) in [5.74, 6) is 1.59. The molecule has 2 aromatic rings. The van der Waals surface area contributed by atoms with Gasteiger partial charge in [0.25, 0.3) is 0 Å². The van der Waals surface area contributed by atoms with Crippen molar-refractivity contribution in [2.45, 2.75) is 52.1 Å². The highest BCUT2D eigenvalue weighted by atomic mass is 15.3. The summed E-state index contributed by atoms with van der Waals surface area (Å²) in [6.45, 7) is 8.97. The maximum atomic E-state index is 4.83. The number of nitrogens with zero attached hydrogens (tertiary/aromatic N) is 4. The van der Waals surface area contributed by atoms with Gasteiger partial charge in [-0.05, 0) is 37.9 Å². The Kier molecular flexibility index (Phi) is 3.74. The molecule has 0 aliphatic carbocycles. The molecule has 108 valence electrons. The highest BCUT2D eigenvalue weighted by Crippen LogP contribution is 2.32. The van der Waals surface area contributed by atoms with Gasteiger partial charge in [-0.1, -0.05) is 20.8 Å². The Labute approximate surface area is 120 Å². The second kappa shape index (κ2) is 5.52. The minimum atomic E-state index is 0.421. The van der Waals surface area contributed by atoms with Crippen molar-refractivity contribution in [2.75, 3.05) is 13.1 Å². The highest BCUT2D eigenvalue weighted by Gasteiger charge is 2.27. The fourth-order valence-corrected chi connectivity index (χ4v) is 3.28. The Morgan fingerprint density at radius 1 is 1.35 bits per heavy atom. The van der Waals surface area contributed by atoms with Gasteiger partial charge in [-0.15, -0.1) is 0 Å². The lowest BCUT2D eigenvalue weighted by Gasteiger charge is -2.36. The maximum Gasteiger partial charge on any atom is 0.161 e. The number of hydrogen-bond acceptors (Lipinski definition) is 3. The summed E-state index contributed by atoms with van der Waals surface area (Å²) >= 11 is 0. The minimum Gasteiger partial charge on any atom is -0.296 e. The average molecular weight is 272 g/mol. The summed E-state index contributed by atoms with van der Waals surface area (Å²) in [4.78, 5) is 12.0. The topological polar surface area (TPSA) is 34.0 Å². The highest BCUT2D eigenvalue weighted by molar-refractivity contribution is 5.71. The van der Waals surface area contributed by atoms with Crippen molar-refractivity contribution in [2.24, 2.45) is 0 Å². The minimum absolute atomic E-state index is 0.421. The SMILES string of the molecule is CCN1CCCCC1n1c(C(C)C)nc2cccnc21. The number of hydrogen-bond donors (Lipinski definition) is 0. The Morgan fingerprint density at radius 2 is 2.20 bits per heavy atom. The number of aromatic nitrogens is 3. The Bertz CT molecular complexity index is 587. The van der Waals surface area contributed by atoms with Gasteiger partial charge in [0, 0.05) is 18.7 Å². The molecule has 1 aliphatic heterocycles. The average Bonchev–Trinajstić information content (AvgIpc) is 2.86. The first-order chi connectivity index (χ1) is 9.72. The van der Waals surface area contributed by atoms with Crippen LogP contribution in [0.2, 0.25) is 0 Å². The fraction of sp³-hybridized carbons (Fsp3) is 0.625. The van der Waals surface area contributed by atoms with Gasteiger partial charge in [0.1, 0.15) is 11.3 Å². The maximum absolute atomic E-state index is 4.83. The van der Waals surface area contributed by atoms with E-state index in [1.807, 2.05) is 12.3 Å². The summed E-state index contributed by atoms with van der Waals surface area (Å²) in [5, 5.41) is 0. The predicted octanol–water partition coefficient (Wildman–Crippen LogP) is 3.56. The lowest BCUT2D eigenvalue weighted by Crippen LogP contribution is -2.37. The van der Waals surface area contributed by atoms with Gasteiger partial charge in [-0.25, -0.2) is 9.97 Å². The zero-order valence-electron chi connectivity index (χ0n) is 12.7. The summed E-state index contributed by atoms with van der Waals surface area (Å²) in [6, 6.07) is 4.05. The monoisotopic (exact) mass is 272 g/mol. The third-order valence-electron chi connectivity index (χ3n) is 4.28. The zero-order valence-corrected chi connectivity index (χ0v) is 12.7. The molecule has 0 radical (unpaired) electrons. The number of fused-ring (bicyclic) bond motifs is 1. The van der Waals surface area contributed by atoms with E-state index in [2.05, 4.69) is 41.3 Å². The standard InChI is InChI=1S/C16H24N4/c1-4-19-11-6-5-9-14(19)20-15(12(2)3)18-13-8-7-10-17-16(13)20/h7-8,10,12,14H,4-6,9,11H2,1-3H3. The second-order valence-corrected chi connectivity index (χ2v) is 5.95. The summed E-state index contributed by atoms with van der Waals surface area (Å²) in [6.07, 6.45) is 6.11. The van der Waals surface area contributed by atoms with E-state index in [0.717, 1.165) is 17.7 Å². The molecule has 0 N–H and O–H groups in total. The van der Waals surface area contributed by atoms with Crippen LogP contribution in [0.3, 0.4) is 0 Å². The van der Waals surface area contributed by atoms with Crippen LogP contribution in [-0.4, -0.2) is 32.5 Å². The molecule has 0 saturated carbocycles. The molecule has 20 heavy (non-hydrogen) atoms. The zero-order chi connectivity index (χ0) is 14.1. The molecule has 4 heteroatoms. The lowest BCUT2D eigenvalue weighted by atomic mass is 10.1. The van der Waals surface area contributed by atoms with Crippen LogP contribution in [-0.2, 0) is 0 Å². The molecule has 4 nitrogen and oxygen atoms in total. The fourth-order valence-electron chi connectivity index (χ4n) is 3.28. The number of likely N-dealkylation sites (tertiary alicyclic amines) is 1. The molecule has 1 unspecified atom stereocenters. The molecule has 3 rings (SSSR count). The van der Waals surface area contributed by atoms with E-state index >= 15 is 0 Å². The van der Waals surface area contributed by atoms with Crippen molar-refractivity contribution in [1.29, 1.82) is 0 Å². The first kappa shape index (κ1) is 13.6. The van der Waals surface area contributed by atoms with Crippen LogP contribution in [0.4, 0.5) is 0 Å². The molecule has 1 fully saturated rings. The molecule has 0 bridgehead atoms. The Balaban J connectivity index is 2.14. The van der Waals surface area contributed by atoms with Crippen LogP contribution in [0.5, 0.6) is 0 Å². The normalized spacial score (nSPS) is 20.9. The van der Waals surface area contributed by atoms with Crippen molar-refractivity contribution in [3.8, 4) is 0 Å². The molecule has 0 amide bonds. The molecule has 0 aromatic carbocycles. The van der Waals surface area contributed by atoms with Gasteiger partial charge in [0.2, 0.25) is 0 Å². The van der Waals surface area contributed by atoms with Crippen LogP contribution < -0.4 is 0 Å². The van der Waals surface area contributed by atoms with Crippen LogP contribution >= 0.6 is 0 Å². The van der Waals surface area contributed by atoms with E-state index < -0.39 is 0 Å². The second-order valence-electron chi connectivity index (χ2n) is 5.95. The van der Waals surface area contributed by atoms with E-state index in [9.17, 15) is 0 Å². The van der Waals surface area contributed by atoms with E-state index in [4.69, 9.17) is 4.98 Å². The molecule has 2 aromatic heterocycles. The Morgan fingerprint density at radius 3 is 2.95 bits per heavy atom. The third-order valence-corrected chi connectivity index (χ3v) is 4.28.